The molecule has 182 valence electrons. The Balaban J connectivity index is 1.56. The topological polar surface area (TPSA) is 87.5 Å². The smallest absolute Gasteiger partial charge is 0.297 e. The minimum Gasteiger partial charge on any atom is -0.368 e. The van der Waals surface area contributed by atoms with E-state index in [2.05, 4.69) is 44.3 Å². The van der Waals surface area contributed by atoms with Crippen molar-refractivity contribution >= 4 is 33.8 Å². The molecule has 1 saturated heterocycles. The van der Waals surface area contributed by atoms with Crippen molar-refractivity contribution in [2.75, 3.05) is 23.3 Å². The van der Waals surface area contributed by atoms with Gasteiger partial charge in [0.2, 0.25) is 0 Å². The van der Waals surface area contributed by atoms with Crippen molar-refractivity contribution in [2.24, 2.45) is 0 Å². The zero-order valence-electron chi connectivity index (χ0n) is 19.4. The third-order valence-electron chi connectivity index (χ3n) is 5.97. The average Bonchev–Trinajstić information content (AvgIpc) is 3.18. The normalized spacial score (nSPS) is 18.5. The van der Waals surface area contributed by atoms with Gasteiger partial charge in [0.05, 0.1) is 22.5 Å². The molecular weight excluding hydrogens is 459 g/mol. The Morgan fingerprint density at radius 1 is 1.17 bits per heavy atom. The predicted molar refractivity (Wildman–Crippen MR) is 127 cm³/mol. The molecule has 1 fully saturated rings. The van der Waals surface area contributed by atoms with E-state index in [0.29, 0.717) is 24.2 Å². The van der Waals surface area contributed by atoms with E-state index in [1.807, 2.05) is 0 Å². The second-order valence-corrected chi connectivity index (χ2v) is 8.94. The Labute approximate surface area is 199 Å². The van der Waals surface area contributed by atoms with Crippen LogP contribution in [0.4, 0.5) is 24.5 Å². The number of benzene rings is 1. The zero-order valence-corrected chi connectivity index (χ0v) is 19.4. The molecule has 1 aliphatic rings. The molecule has 2 N–H and O–H groups in total. The van der Waals surface area contributed by atoms with Gasteiger partial charge in [0.1, 0.15) is 0 Å². The van der Waals surface area contributed by atoms with Gasteiger partial charge in [-0.2, -0.15) is 0 Å². The van der Waals surface area contributed by atoms with Crippen LogP contribution >= 0.6 is 0 Å². The highest BCUT2D eigenvalue weighted by Gasteiger charge is 2.25. The van der Waals surface area contributed by atoms with Crippen LogP contribution in [-0.2, 0) is 0 Å². The molecule has 8 nitrogen and oxygen atoms in total. The number of imidazole rings is 1. The highest BCUT2D eigenvalue weighted by molar-refractivity contribution is 6.13. The van der Waals surface area contributed by atoms with Gasteiger partial charge in [-0.05, 0) is 32.9 Å². The largest absolute Gasteiger partial charge is 0.368 e. The summed E-state index contributed by atoms with van der Waals surface area (Å²) in [4.78, 5) is 27.3. The molecule has 0 spiro atoms. The first-order valence-corrected chi connectivity index (χ1v) is 11.2. The number of nitrogens with one attached hydrogen (secondary N) is 2. The summed E-state index contributed by atoms with van der Waals surface area (Å²) in [6.07, 6.45) is 1.62. The maximum atomic E-state index is 14.5. The lowest BCUT2D eigenvalue weighted by molar-refractivity contribution is 0.102. The standard InChI is InChI=1S/C24H24F3N7O/c1-12-8-33(9-13(2)29-12)19-5-4-16(20-17(19)7-28-22(32-20)21(26)27)24(35)31-15-6-18(25)23-30-14(3)10-34(23)11-15/h4-7,10-13,21,29H,8-9H2,1-3H3,(H,31,35)/t12-,13+. The van der Waals surface area contributed by atoms with Crippen molar-refractivity contribution in [1.82, 2.24) is 24.7 Å². The van der Waals surface area contributed by atoms with E-state index in [1.54, 1.807) is 25.3 Å². The van der Waals surface area contributed by atoms with Crippen LogP contribution < -0.4 is 15.5 Å². The average molecular weight is 483 g/mol. The number of pyridine rings is 1. The van der Waals surface area contributed by atoms with E-state index >= 15 is 0 Å². The number of amides is 1. The fourth-order valence-corrected chi connectivity index (χ4v) is 4.65. The minimum atomic E-state index is -2.89. The Bertz CT molecular complexity index is 1430. The van der Waals surface area contributed by atoms with Gasteiger partial charge < -0.3 is 19.9 Å². The summed E-state index contributed by atoms with van der Waals surface area (Å²) in [7, 11) is 0. The molecule has 2 atom stereocenters. The van der Waals surface area contributed by atoms with Crippen LogP contribution in [0.5, 0.6) is 0 Å². The Morgan fingerprint density at radius 3 is 2.63 bits per heavy atom. The first-order chi connectivity index (χ1) is 16.7. The maximum absolute atomic E-state index is 14.5. The van der Waals surface area contributed by atoms with Gasteiger partial charge in [-0.1, -0.05) is 0 Å². The number of piperazine rings is 1. The SMILES string of the molecule is Cc1cn2cc(NC(=O)c3ccc(N4C[C@@H](C)N[C@@H](C)C4)c4cnc(C(F)F)nc34)cc(F)c2n1. The van der Waals surface area contributed by atoms with Crippen LogP contribution in [-0.4, -0.2) is 50.4 Å². The molecule has 0 radical (unpaired) electrons. The maximum Gasteiger partial charge on any atom is 0.297 e. The highest BCUT2D eigenvalue weighted by Crippen LogP contribution is 2.31. The number of anilines is 2. The van der Waals surface area contributed by atoms with Crippen LogP contribution in [0, 0.1) is 12.7 Å². The van der Waals surface area contributed by atoms with Crippen molar-refractivity contribution < 1.29 is 18.0 Å². The first kappa shape index (κ1) is 23.0. The van der Waals surface area contributed by atoms with Crippen molar-refractivity contribution in [3.05, 3.63) is 59.7 Å². The molecule has 1 amide bonds. The third kappa shape index (κ3) is 4.39. The van der Waals surface area contributed by atoms with E-state index in [0.717, 1.165) is 5.69 Å². The van der Waals surface area contributed by atoms with Crippen molar-refractivity contribution in [2.45, 2.75) is 39.3 Å². The summed E-state index contributed by atoms with van der Waals surface area (Å²) in [6, 6.07) is 4.93. The zero-order chi connectivity index (χ0) is 24.9. The van der Waals surface area contributed by atoms with Gasteiger partial charge in [-0.15, -0.1) is 0 Å². The van der Waals surface area contributed by atoms with Crippen molar-refractivity contribution in [1.29, 1.82) is 0 Å². The van der Waals surface area contributed by atoms with Crippen LogP contribution in [0.3, 0.4) is 0 Å². The van der Waals surface area contributed by atoms with Crippen LogP contribution in [0.15, 0.2) is 36.8 Å². The molecule has 5 rings (SSSR count). The Kier molecular flexibility index (Phi) is 5.79. The lowest BCUT2D eigenvalue weighted by Crippen LogP contribution is -2.54. The number of carbonyl (C=O) groups excluding carboxylic acids is 1. The molecule has 0 aliphatic carbocycles. The second-order valence-electron chi connectivity index (χ2n) is 8.94. The number of aryl methyl sites for hydroxylation is 1. The number of hydrogen-bond donors (Lipinski definition) is 2. The van der Waals surface area contributed by atoms with E-state index in [4.69, 9.17) is 0 Å². The van der Waals surface area contributed by atoms with Crippen molar-refractivity contribution in [3.8, 4) is 0 Å². The molecule has 11 heteroatoms. The summed E-state index contributed by atoms with van der Waals surface area (Å²) in [6.45, 7) is 7.26. The molecule has 35 heavy (non-hydrogen) atoms. The summed E-state index contributed by atoms with van der Waals surface area (Å²) < 4.78 is 42.8. The predicted octanol–water partition coefficient (Wildman–Crippen LogP) is 4.10. The molecule has 0 unspecified atom stereocenters. The summed E-state index contributed by atoms with van der Waals surface area (Å²) in [5, 5.41) is 6.60. The quantitative estimate of drug-likeness (QED) is 0.455. The molecule has 3 aromatic heterocycles. The Morgan fingerprint density at radius 2 is 1.91 bits per heavy atom. The number of carbonyl (C=O) groups is 1. The lowest BCUT2D eigenvalue weighted by Gasteiger charge is -2.38. The molecule has 1 aliphatic heterocycles. The lowest BCUT2D eigenvalue weighted by atomic mass is 10.0. The fraction of sp³-hybridized carbons (Fsp3) is 0.333. The fourth-order valence-electron chi connectivity index (χ4n) is 4.65. The molecule has 4 aromatic rings. The van der Waals surface area contributed by atoms with Crippen LogP contribution in [0.1, 0.15) is 42.1 Å². The van der Waals surface area contributed by atoms with Gasteiger partial charge in [-0.3, -0.25) is 4.79 Å². The number of rotatable bonds is 4. The first-order valence-electron chi connectivity index (χ1n) is 11.2. The number of hydrogen-bond acceptors (Lipinski definition) is 6. The number of nitrogens with zero attached hydrogens (tertiary/aromatic N) is 5. The number of fused-ring (bicyclic) bond motifs is 2. The van der Waals surface area contributed by atoms with Gasteiger partial charge in [0, 0.05) is 60.9 Å². The van der Waals surface area contributed by atoms with Crippen LogP contribution in [0.25, 0.3) is 16.6 Å². The van der Waals surface area contributed by atoms with E-state index in [9.17, 15) is 18.0 Å². The monoisotopic (exact) mass is 483 g/mol. The van der Waals surface area contributed by atoms with E-state index < -0.39 is 24.0 Å². The second kappa shape index (κ2) is 8.81. The van der Waals surface area contributed by atoms with Gasteiger partial charge in [0.25, 0.3) is 12.3 Å². The molecule has 0 saturated carbocycles. The van der Waals surface area contributed by atoms with E-state index in [-0.39, 0.29) is 34.5 Å². The van der Waals surface area contributed by atoms with Crippen molar-refractivity contribution in [3.63, 3.8) is 0 Å². The van der Waals surface area contributed by atoms with Gasteiger partial charge in [0.15, 0.2) is 17.3 Å². The van der Waals surface area contributed by atoms with Gasteiger partial charge in [-0.25, -0.2) is 28.1 Å². The number of alkyl halides is 2. The summed E-state index contributed by atoms with van der Waals surface area (Å²) in [5.41, 5.74) is 1.93. The Hall–Kier alpha value is -3.73. The number of halogens is 3. The highest BCUT2D eigenvalue weighted by atomic mass is 19.3. The molecule has 4 heterocycles. The van der Waals surface area contributed by atoms with Crippen LogP contribution in [0.2, 0.25) is 0 Å². The van der Waals surface area contributed by atoms with E-state index in [1.165, 1.54) is 22.9 Å². The molecule has 0 bridgehead atoms. The number of aromatic nitrogens is 4. The molecule has 1 aromatic carbocycles. The summed E-state index contributed by atoms with van der Waals surface area (Å²) in [5.74, 6) is -1.86. The van der Waals surface area contributed by atoms with Gasteiger partial charge >= 0.3 is 0 Å². The third-order valence-corrected chi connectivity index (χ3v) is 5.97. The molecular formula is C24H24F3N7O. The summed E-state index contributed by atoms with van der Waals surface area (Å²) >= 11 is 0. The minimum absolute atomic E-state index is 0.0894.